The Morgan fingerprint density at radius 1 is 1.37 bits per heavy atom. The largest absolute Gasteiger partial charge is 0.466 e. The highest BCUT2D eigenvalue weighted by Crippen LogP contribution is 2.36. The molecule has 108 valence electrons. The van der Waals surface area contributed by atoms with E-state index in [2.05, 4.69) is 46.9 Å². The molecule has 0 aromatic carbocycles. The van der Waals surface area contributed by atoms with Crippen molar-refractivity contribution in [2.75, 3.05) is 19.6 Å². The molecule has 0 aliphatic carbocycles. The normalized spacial score (nSPS) is 19.6. The van der Waals surface area contributed by atoms with E-state index in [1.165, 1.54) is 32.4 Å². The zero-order valence-electron chi connectivity index (χ0n) is 12.2. The van der Waals surface area contributed by atoms with Crippen LogP contribution in [0, 0.1) is 0 Å². The average Bonchev–Trinajstić information content (AvgIpc) is 2.83. The maximum Gasteiger partial charge on any atom is 0.136 e. The minimum absolute atomic E-state index is 0.0524. The van der Waals surface area contributed by atoms with Gasteiger partial charge in [0.1, 0.15) is 5.76 Å². The first-order chi connectivity index (χ1) is 9.07. The van der Waals surface area contributed by atoms with Crippen LogP contribution in [0.3, 0.4) is 0 Å². The topological polar surface area (TPSA) is 28.4 Å². The number of likely N-dealkylation sites (tertiary alicyclic amines) is 1. The van der Waals surface area contributed by atoms with Crippen LogP contribution >= 0.6 is 15.9 Å². The standard InChI is InChI=1S/C15H25BrN2O/c1-4-17-14(13-12(16)8-11-19-13)15(2,3)18-9-6-5-7-10-18/h8,11,14,17H,4-7,9-10H2,1-3H3. The van der Waals surface area contributed by atoms with Gasteiger partial charge in [0.25, 0.3) is 0 Å². The lowest BCUT2D eigenvalue weighted by molar-refractivity contribution is 0.0539. The van der Waals surface area contributed by atoms with Gasteiger partial charge in [0.2, 0.25) is 0 Å². The number of piperidine rings is 1. The van der Waals surface area contributed by atoms with Crippen molar-refractivity contribution in [1.29, 1.82) is 0 Å². The van der Waals surface area contributed by atoms with E-state index in [9.17, 15) is 0 Å². The van der Waals surface area contributed by atoms with Gasteiger partial charge in [-0.05, 0) is 68.3 Å². The maximum atomic E-state index is 5.72. The molecule has 1 aliphatic rings. The van der Waals surface area contributed by atoms with Crippen molar-refractivity contribution < 1.29 is 4.42 Å². The van der Waals surface area contributed by atoms with Gasteiger partial charge in [-0.1, -0.05) is 13.3 Å². The third-order valence-corrected chi connectivity index (χ3v) is 4.85. The van der Waals surface area contributed by atoms with Crippen molar-refractivity contribution in [3.8, 4) is 0 Å². The van der Waals surface area contributed by atoms with Crippen LogP contribution in [0.4, 0.5) is 0 Å². The number of likely N-dealkylation sites (N-methyl/N-ethyl adjacent to an activating group) is 1. The van der Waals surface area contributed by atoms with Gasteiger partial charge in [0.05, 0.1) is 16.8 Å². The summed E-state index contributed by atoms with van der Waals surface area (Å²) in [5.74, 6) is 1.01. The summed E-state index contributed by atoms with van der Waals surface area (Å²) < 4.78 is 6.78. The highest BCUT2D eigenvalue weighted by molar-refractivity contribution is 9.10. The van der Waals surface area contributed by atoms with Crippen LogP contribution < -0.4 is 5.32 Å². The quantitative estimate of drug-likeness (QED) is 0.886. The van der Waals surface area contributed by atoms with Gasteiger partial charge in [-0.15, -0.1) is 0 Å². The van der Waals surface area contributed by atoms with Gasteiger partial charge in [-0.3, -0.25) is 4.90 Å². The molecular formula is C15H25BrN2O. The molecular weight excluding hydrogens is 304 g/mol. The van der Waals surface area contributed by atoms with E-state index in [-0.39, 0.29) is 11.6 Å². The summed E-state index contributed by atoms with van der Waals surface area (Å²) in [6, 6.07) is 2.19. The lowest BCUT2D eigenvalue weighted by Crippen LogP contribution is -2.54. The number of furan rings is 1. The van der Waals surface area contributed by atoms with E-state index < -0.39 is 0 Å². The lowest BCUT2D eigenvalue weighted by atomic mass is 9.88. The molecule has 0 bridgehead atoms. The summed E-state index contributed by atoms with van der Waals surface area (Å²) in [6.45, 7) is 10.1. The maximum absolute atomic E-state index is 5.72. The van der Waals surface area contributed by atoms with Gasteiger partial charge in [0, 0.05) is 5.54 Å². The van der Waals surface area contributed by atoms with Gasteiger partial charge < -0.3 is 9.73 Å². The second kappa shape index (κ2) is 6.42. The fourth-order valence-corrected chi connectivity index (χ4v) is 3.46. The van der Waals surface area contributed by atoms with Crippen LogP contribution in [-0.4, -0.2) is 30.1 Å². The van der Waals surface area contributed by atoms with Crippen LogP contribution in [0.15, 0.2) is 21.2 Å². The summed E-state index contributed by atoms with van der Waals surface area (Å²) in [6.07, 6.45) is 5.74. The fraction of sp³-hybridized carbons (Fsp3) is 0.733. The first-order valence-corrected chi connectivity index (χ1v) is 8.08. The van der Waals surface area contributed by atoms with Gasteiger partial charge >= 0.3 is 0 Å². The minimum atomic E-state index is 0.0524. The smallest absolute Gasteiger partial charge is 0.136 e. The van der Waals surface area contributed by atoms with E-state index >= 15 is 0 Å². The Bertz CT molecular complexity index is 397. The van der Waals surface area contributed by atoms with E-state index in [1.54, 1.807) is 6.26 Å². The number of halogens is 1. The first kappa shape index (κ1) is 15.1. The highest BCUT2D eigenvalue weighted by atomic mass is 79.9. The molecule has 1 N–H and O–H groups in total. The number of nitrogens with one attached hydrogen (secondary N) is 1. The molecule has 2 rings (SSSR count). The molecule has 3 nitrogen and oxygen atoms in total. The number of hydrogen-bond acceptors (Lipinski definition) is 3. The van der Waals surface area contributed by atoms with E-state index in [1.807, 2.05) is 6.07 Å². The molecule has 1 aromatic rings. The van der Waals surface area contributed by atoms with Gasteiger partial charge in [-0.25, -0.2) is 0 Å². The van der Waals surface area contributed by atoms with Crippen molar-refractivity contribution in [2.24, 2.45) is 0 Å². The first-order valence-electron chi connectivity index (χ1n) is 7.28. The van der Waals surface area contributed by atoms with Gasteiger partial charge in [-0.2, -0.15) is 0 Å². The number of nitrogens with zero attached hydrogens (tertiary/aromatic N) is 1. The molecule has 1 unspecified atom stereocenters. The van der Waals surface area contributed by atoms with Gasteiger partial charge in [0.15, 0.2) is 0 Å². The minimum Gasteiger partial charge on any atom is -0.466 e. The van der Waals surface area contributed by atoms with Crippen LogP contribution in [-0.2, 0) is 0 Å². The molecule has 1 fully saturated rings. The molecule has 1 atom stereocenters. The second-order valence-electron chi connectivity index (χ2n) is 5.82. The Balaban J connectivity index is 2.24. The fourth-order valence-electron chi connectivity index (χ4n) is 3.03. The van der Waals surface area contributed by atoms with Crippen molar-refractivity contribution in [3.63, 3.8) is 0 Å². The summed E-state index contributed by atoms with van der Waals surface area (Å²) in [7, 11) is 0. The molecule has 0 spiro atoms. The summed E-state index contributed by atoms with van der Waals surface area (Å²) in [4.78, 5) is 2.60. The van der Waals surface area contributed by atoms with Crippen LogP contribution in [0.2, 0.25) is 0 Å². The van der Waals surface area contributed by atoms with Crippen molar-refractivity contribution in [2.45, 2.75) is 51.6 Å². The average molecular weight is 329 g/mol. The predicted molar refractivity (Wildman–Crippen MR) is 82.3 cm³/mol. The SMILES string of the molecule is CCNC(c1occc1Br)C(C)(C)N1CCCCC1. The summed E-state index contributed by atoms with van der Waals surface area (Å²) >= 11 is 3.60. The number of hydrogen-bond donors (Lipinski definition) is 1. The molecule has 0 radical (unpaired) electrons. The van der Waals surface area contributed by atoms with E-state index in [0.717, 1.165) is 16.8 Å². The van der Waals surface area contributed by atoms with E-state index in [0.29, 0.717) is 0 Å². The molecule has 19 heavy (non-hydrogen) atoms. The van der Waals surface area contributed by atoms with Crippen molar-refractivity contribution in [3.05, 3.63) is 22.6 Å². The molecule has 0 amide bonds. The third-order valence-electron chi connectivity index (χ3n) is 4.19. The Morgan fingerprint density at radius 2 is 2.05 bits per heavy atom. The Morgan fingerprint density at radius 3 is 2.58 bits per heavy atom. The molecule has 1 aromatic heterocycles. The molecule has 1 saturated heterocycles. The zero-order chi connectivity index (χ0) is 13.9. The third kappa shape index (κ3) is 3.23. The Kier molecular flexibility index (Phi) is 5.09. The lowest BCUT2D eigenvalue weighted by Gasteiger charge is -2.45. The molecule has 2 heterocycles. The van der Waals surface area contributed by atoms with Crippen molar-refractivity contribution >= 4 is 15.9 Å². The van der Waals surface area contributed by atoms with Crippen LogP contribution in [0.5, 0.6) is 0 Å². The van der Waals surface area contributed by atoms with Crippen molar-refractivity contribution in [1.82, 2.24) is 10.2 Å². The molecule has 4 heteroatoms. The molecule has 1 aliphatic heterocycles. The predicted octanol–water partition coefficient (Wildman–Crippen LogP) is 3.96. The zero-order valence-corrected chi connectivity index (χ0v) is 13.8. The second-order valence-corrected chi connectivity index (χ2v) is 6.68. The van der Waals surface area contributed by atoms with Crippen LogP contribution in [0.25, 0.3) is 0 Å². The highest BCUT2D eigenvalue weighted by Gasteiger charge is 2.38. The summed E-state index contributed by atoms with van der Waals surface area (Å²) in [5, 5.41) is 3.60. The monoisotopic (exact) mass is 328 g/mol. The Hall–Kier alpha value is -0.320. The molecule has 0 saturated carbocycles. The van der Waals surface area contributed by atoms with E-state index in [4.69, 9.17) is 4.42 Å². The number of rotatable bonds is 5. The Labute approximate surface area is 124 Å². The van der Waals surface area contributed by atoms with Crippen LogP contribution in [0.1, 0.15) is 51.8 Å². The summed E-state index contributed by atoms with van der Waals surface area (Å²) in [5.41, 5.74) is 0.0524.